The van der Waals surface area contributed by atoms with Gasteiger partial charge in [-0.25, -0.2) is 0 Å². The van der Waals surface area contributed by atoms with Gasteiger partial charge in [-0.05, 0) is 36.6 Å². The maximum atomic E-state index is 13.2. The molecule has 0 bridgehead atoms. The fourth-order valence-corrected chi connectivity index (χ4v) is 3.81. The van der Waals surface area contributed by atoms with Crippen molar-refractivity contribution in [3.63, 3.8) is 0 Å². The Labute approximate surface area is 174 Å². The Morgan fingerprint density at radius 3 is 2.17 bits per heavy atom. The smallest absolute Gasteiger partial charge is 0.277 e. The van der Waals surface area contributed by atoms with Gasteiger partial charge in [0.2, 0.25) is 0 Å². The Bertz CT molecular complexity index is 762. The second-order valence-electron chi connectivity index (χ2n) is 8.14. The molecule has 0 aliphatic carbocycles. The van der Waals surface area contributed by atoms with E-state index in [1.807, 2.05) is 31.2 Å². The molecule has 29 heavy (non-hydrogen) atoms. The van der Waals surface area contributed by atoms with Crippen molar-refractivity contribution in [3.8, 4) is 5.75 Å². The third kappa shape index (κ3) is 4.64. The van der Waals surface area contributed by atoms with Crippen LogP contribution < -0.4 is 4.74 Å². The number of likely N-dealkylation sites (N-methyl/N-ethyl adjacent to an activating group) is 1. The van der Waals surface area contributed by atoms with E-state index in [9.17, 15) is 9.59 Å². The van der Waals surface area contributed by atoms with E-state index < -0.39 is 0 Å². The van der Waals surface area contributed by atoms with Crippen molar-refractivity contribution in [1.29, 1.82) is 0 Å². The van der Waals surface area contributed by atoms with Gasteiger partial charge < -0.3 is 14.5 Å². The van der Waals surface area contributed by atoms with Crippen molar-refractivity contribution < 1.29 is 14.3 Å². The summed E-state index contributed by atoms with van der Waals surface area (Å²) in [5.41, 5.74) is 1.88. The van der Waals surface area contributed by atoms with Crippen LogP contribution in [0.4, 0.5) is 0 Å². The maximum Gasteiger partial charge on any atom is 0.277 e. The molecule has 6 nitrogen and oxygen atoms in total. The van der Waals surface area contributed by atoms with E-state index in [0.717, 1.165) is 50.5 Å². The maximum absolute atomic E-state index is 13.2. The van der Waals surface area contributed by atoms with Gasteiger partial charge in [-0.15, -0.1) is 0 Å². The van der Waals surface area contributed by atoms with Gasteiger partial charge in [0.05, 0.1) is 12.2 Å². The zero-order chi connectivity index (χ0) is 21.0. The van der Waals surface area contributed by atoms with Gasteiger partial charge in [0.25, 0.3) is 11.8 Å². The summed E-state index contributed by atoms with van der Waals surface area (Å²) in [6, 6.07) is 7.57. The average Bonchev–Trinajstić information content (AvgIpc) is 2.97. The van der Waals surface area contributed by atoms with Crippen molar-refractivity contribution in [2.24, 2.45) is 5.92 Å². The minimum atomic E-state index is -0.180. The molecule has 0 N–H and O–H groups in total. The summed E-state index contributed by atoms with van der Waals surface area (Å²) in [5.74, 6) is 0.892. The van der Waals surface area contributed by atoms with Gasteiger partial charge in [0.15, 0.2) is 0 Å². The molecule has 0 unspecified atom stereocenters. The topological polar surface area (TPSA) is 53.1 Å². The lowest BCUT2D eigenvalue weighted by molar-refractivity contribution is -0.137. The predicted molar refractivity (Wildman–Crippen MR) is 114 cm³/mol. The van der Waals surface area contributed by atoms with Crippen LogP contribution in [0.15, 0.2) is 30.0 Å². The Morgan fingerprint density at radius 1 is 0.966 bits per heavy atom. The van der Waals surface area contributed by atoms with Gasteiger partial charge in [0.1, 0.15) is 11.4 Å². The van der Waals surface area contributed by atoms with Crippen molar-refractivity contribution >= 4 is 17.4 Å². The summed E-state index contributed by atoms with van der Waals surface area (Å²) < 4.78 is 5.77. The van der Waals surface area contributed by atoms with Crippen molar-refractivity contribution in [1.82, 2.24) is 14.7 Å². The molecule has 1 aromatic carbocycles. The number of rotatable bonds is 8. The molecule has 0 aromatic heterocycles. The largest absolute Gasteiger partial charge is 0.493 e. The number of carbonyl (C=O) groups is 2. The highest BCUT2D eigenvalue weighted by atomic mass is 16.5. The van der Waals surface area contributed by atoms with Gasteiger partial charge in [-0.1, -0.05) is 39.8 Å². The number of benzene rings is 1. The molecule has 1 fully saturated rings. The van der Waals surface area contributed by atoms with Crippen LogP contribution in [0.2, 0.25) is 0 Å². The van der Waals surface area contributed by atoms with E-state index in [1.165, 1.54) is 4.90 Å². The van der Waals surface area contributed by atoms with Crippen LogP contribution in [0.25, 0.3) is 5.57 Å². The molecule has 0 spiro atoms. The highest BCUT2D eigenvalue weighted by Crippen LogP contribution is 2.33. The predicted octanol–water partition coefficient (Wildman–Crippen LogP) is 2.85. The van der Waals surface area contributed by atoms with E-state index in [1.54, 1.807) is 0 Å². The second-order valence-corrected chi connectivity index (χ2v) is 8.14. The summed E-state index contributed by atoms with van der Waals surface area (Å²) in [4.78, 5) is 32.2. The number of amides is 2. The summed E-state index contributed by atoms with van der Waals surface area (Å²) >= 11 is 0. The number of imide groups is 1. The SMILES string of the molecule is CCCN1C(=O)C(c2ccc(OCC(C)C)cc2)=C(N2CCN(CC)CC2)C1=O. The summed E-state index contributed by atoms with van der Waals surface area (Å²) in [7, 11) is 0. The van der Waals surface area contributed by atoms with E-state index in [2.05, 4.69) is 30.6 Å². The van der Waals surface area contributed by atoms with Crippen LogP contribution >= 0.6 is 0 Å². The summed E-state index contributed by atoms with van der Waals surface area (Å²) in [5, 5.41) is 0. The van der Waals surface area contributed by atoms with Crippen LogP contribution in [-0.2, 0) is 9.59 Å². The van der Waals surface area contributed by atoms with E-state index in [4.69, 9.17) is 4.74 Å². The minimum absolute atomic E-state index is 0.156. The van der Waals surface area contributed by atoms with Crippen LogP contribution in [0.3, 0.4) is 0 Å². The lowest BCUT2D eigenvalue weighted by Crippen LogP contribution is -2.47. The van der Waals surface area contributed by atoms with Gasteiger partial charge in [0, 0.05) is 32.7 Å². The Morgan fingerprint density at radius 2 is 1.62 bits per heavy atom. The third-order valence-electron chi connectivity index (χ3n) is 5.45. The number of carbonyl (C=O) groups excluding carboxylic acids is 2. The van der Waals surface area contributed by atoms with Gasteiger partial charge >= 0.3 is 0 Å². The fraction of sp³-hybridized carbons (Fsp3) is 0.565. The Balaban J connectivity index is 1.90. The van der Waals surface area contributed by atoms with E-state index in [0.29, 0.717) is 30.3 Å². The highest BCUT2D eigenvalue weighted by Gasteiger charge is 2.41. The normalized spacial score (nSPS) is 18.4. The van der Waals surface area contributed by atoms with E-state index >= 15 is 0 Å². The van der Waals surface area contributed by atoms with Gasteiger partial charge in [-0.2, -0.15) is 0 Å². The van der Waals surface area contributed by atoms with Gasteiger partial charge in [-0.3, -0.25) is 14.5 Å². The van der Waals surface area contributed by atoms with Crippen LogP contribution in [0.5, 0.6) is 5.75 Å². The molecule has 2 heterocycles. The molecular formula is C23H33N3O3. The number of piperazine rings is 1. The fourth-order valence-electron chi connectivity index (χ4n) is 3.81. The number of nitrogens with zero attached hydrogens (tertiary/aromatic N) is 3. The van der Waals surface area contributed by atoms with Crippen LogP contribution in [0.1, 0.15) is 39.7 Å². The zero-order valence-corrected chi connectivity index (χ0v) is 18.1. The molecule has 0 radical (unpaired) electrons. The molecule has 2 amide bonds. The van der Waals surface area contributed by atoms with Crippen LogP contribution in [0, 0.1) is 5.92 Å². The molecule has 1 aromatic rings. The number of ether oxygens (including phenoxy) is 1. The molecule has 0 saturated carbocycles. The van der Waals surface area contributed by atoms with Crippen molar-refractivity contribution in [2.75, 3.05) is 45.9 Å². The summed E-state index contributed by atoms with van der Waals surface area (Å²) in [6.07, 6.45) is 0.754. The molecular weight excluding hydrogens is 366 g/mol. The third-order valence-corrected chi connectivity index (χ3v) is 5.45. The van der Waals surface area contributed by atoms with Crippen molar-refractivity contribution in [3.05, 3.63) is 35.5 Å². The highest BCUT2D eigenvalue weighted by molar-refractivity contribution is 6.35. The molecule has 6 heteroatoms. The van der Waals surface area contributed by atoms with Crippen LogP contribution in [-0.4, -0.2) is 72.4 Å². The lowest BCUT2D eigenvalue weighted by Gasteiger charge is -2.36. The number of hydrogen-bond acceptors (Lipinski definition) is 5. The number of hydrogen-bond donors (Lipinski definition) is 0. The second kappa shape index (κ2) is 9.44. The molecule has 3 rings (SSSR count). The zero-order valence-electron chi connectivity index (χ0n) is 18.1. The minimum Gasteiger partial charge on any atom is -0.493 e. The van der Waals surface area contributed by atoms with E-state index in [-0.39, 0.29) is 11.8 Å². The molecule has 158 valence electrons. The Hall–Kier alpha value is -2.34. The van der Waals surface area contributed by atoms with Crippen molar-refractivity contribution in [2.45, 2.75) is 34.1 Å². The first kappa shape index (κ1) is 21.4. The molecule has 2 aliphatic rings. The first-order valence-corrected chi connectivity index (χ1v) is 10.8. The first-order valence-electron chi connectivity index (χ1n) is 10.8. The average molecular weight is 400 g/mol. The lowest BCUT2D eigenvalue weighted by atomic mass is 10.0. The first-order chi connectivity index (χ1) is 14.0. The quantitative estimate of drug-likeness (QED) is 0.629. The molecule has 2 aliphatic heterocycles. The standard InChI is InChI=1S/C23H33N3O3/c1-5-11-26-22(27)20(18-7-9-19(10-8-18)29-16-17(3)4)21(23(26)28)25-14-12-24(6-2)13-15-25/h7-10,17H,5-6,11-16H2,1-4H3. The Kier molecular flexibility index (Phi) is 6.96. The summed E-state index contributed by atoms with van der Waals surface area (Å²) in [6.45, 7) is 13.8. The molecule has 1 saturated heterocycles. The molecule has 0 atom stereocenters. The monoisotopic (exact) mass is 399 g/mol.